The van der Waals surface area contributed by atoms with Crippen LogP contribution in [0.5, 0.6) is 0 Å². The molecule has 4 unspecified atom stereocenters. The number of likely N-dealkylation sites (tertiary alicyclic amines) is 1. The van der Waals surface area contributed by atoms with Crippen molar-refractivity contribution >= 4 is 53.1 Å². The molecule has 2 bridgehead atoms. The van der Waals surface area contributed by atoms with Gasteiger partial charge < -0.3 is 10.6 Å². The highest BCUT2D eigenvalue weighted by Crippen LogP contribution is 2.52. The summed E-state index contributed by atoms with van der Waals surface area (Å²) in [5, 5.41) is 8.64. The molecule has 2 fully saturated rings. The van der Waals surface area contributed by atoms with Gasteiger partial charge >= 0.3 is 0 Å². The van der Waals surface area contributed by atoms with E-state index in [1.54, 1.807) is 11.3 Å². The van der Waals surface area contributed by atoms with Crippen molar-refractivity contribution in [2.75, 3.05) is 26.2 Å². The van der Waals surface area contributed by atoms with E-state index in [-0.39, 0.29) is 64.9 Å². The maximum absolute atomic E-state index is 12.8. The zero-order chi connectivity index (χ0) is 20.6. The minimum absolute atomic E-state index is 0. The highest BCUT2D eigenvalue weighted by Gasteiger charge is 2.58. The van der Waals surface area contributed by atoms with Crippen LogP contribution >= 0.6 is 35.3 Å². The van der Waals surface area contributed by atoms with Crippen LogP contribution in [0.1, 0.15) is 32.1 Å². The number of thiophene rings is 1. The number of halogens is 1. The molecule has 30 heavy (non-hydrogen) atoms. The predicted octanol–water partition coefficient (Wildman–Crippen LogP) is 3.01. The Morgan fingerprint density at radius 3 is 2.43 bits per heavy atom. The van der Waals surface area contributed by atoms with E-state index in [2.05, 4.69) is 54.1 Å². The van der Waals surface area contributed by atoms with Crippen LogP contribution in [0.2, 0.25) is 0 Å². The van der Waals surface area contributed by atoms with Crippen LogP contribution in [0.4, 0.5) is 0 Å². The monoisotopic (exact) mass is 542 g/mol. The minimum atomic E-state index is -0.119. The van der Waals surface area contributed by atoms with Crippen LogP contribution in [0.3, 0.4) is 0 Å². The van der Waals surface area contributed by atoms with Gasteiger partial charge in [-0.1, -0.05) is 32.1 Å². The van der Waals surface area contributed by atoms with Gasteiger partial charge in [0.1, 0.15) is 0 Å². The van der Waals surface area contributed by atoms with E-state index in [4.69, 9.17) is 4.99 Å². The van der Waals surface area contributed by atoms with Crippen molar-refractivity contribution in [3.8, 4) is 0 Å². The number of hydrogen-bond acceptors (Lipinski definition) is 4. The SMILES string of the molecule is CCNC(=NCC(C)(C)c1cccs1)NCCN1C(=O)C2C3C=CC(C3)C2C1=O.I. The first-order valence-electron chi connectivity index (χ1n) is 10.5. The van der Waals surface area contributed by atoms with Crippen molar-refractivity contribution in [3.05, 3.63) is 34.5 Å². The van der Waals surface area contributed by atoms with Crippen molar-refractivity contribution in [2.45, 2.75) is 32.6 Å². The van der Waals surface area contributed by atoms with Gasteiger partial charge in [-0.25, -0.2) is 0 Å². The zero-order valence-electron chi connectivity index (χ0n) is 17.8. The third kappa shape index (κ3) is 4.30. The summed E-state index contributed by atoms with van der Waals surface area (Å²) in [5.74, 6) is 1.03. The summed E-state index contributed by atoms with van der Waals surface area (Å²) in [6, 6.07) is 4.21. The molecule has 4 atom stereocenters. The van der Waals surface area contributed by atoms with Crippen molar-refractivity contribution < 1.29 is 9.59 Å². The van der Waals surface area contributed by atoms with Gasteiger partial charge in [0.2, 0.25) is 11.8 Å². The molecule has 0 radical (unpaired) electrons. The molecular formula is C22H31IN4O2S. The highest BCUT2D eigenvalue weighted by atomic mass is 127. The Balaban J connectivity index is 0.00000256. The molecule has 3 aliphatic rings. The largest absolute Gasteiger partial charge is 0.357 e. The van der Waals surface area contributed by atoms with E-state index in [0.717, 1.165) is 18.9 Å². The van der Waals surface area contributed by atoms with Crippen molar-refractivity contribution in [2.24, 2.45) is 28.7 Å². The standard InChI is InChI=1S/C22H30N4O2S.HI/c1-4-23-21(25-13-22(2,3)16-6-5-11-29-16)24-9-10-26-19(27)17-14-7-8-15(12-14)18(17)20(26)28;/h5-8,11,14-15,17-18H,4,9-10,12-13H2,1-3H3,(H2,23,24,25);1H. The van der Waals surface area contributed by atoms with Crippen LogP contribution in [-0.2, 0) is 15.0 Å². The second-order valence-corrected chi connectivity index (χ2v) is 9.76. The molecule has 2 N–H and O–H groups in total. The lowest BCUT2D eigenvalue weighted by Crippen LogP contribution is -2.44. The molecule has 0 aromatic carbocycles. The Kier molecular flexibility index (Phi) is 7.27. The third-order valence-electron chi connectivity index (χ3n) is 6.35. The van der Waals surface area contributed by atoms with E-state index in [1.165, 1.54) is 9.78 Å². The van der Waals surface area contributed by atoms with Gasteiger partial charge in [-0.05, 0) is 36.6 Å². The highest BCUT2D eigenvalue weighted by molar-refractivity contribution is 14.0. The van der Waals surface area contributed by atoms with E-state index in [1.807, 2.05) is 6.92 Å². The summed E-state index contributed by atoms with van der Waals surface area (Å²) in [6.07, 6.45) is 5.23. The predicted molar refractivity (Wildman–Crippen MR) is 131 cm³/mol. The first kappa shape index (κ1) is 23.2. The van der Waals surface area contributed by atoms with Crippen LogP contribution in [-0.4, -0.2) is 48.9 Å². The molecule has 1 saturated carbocycles. The number of guanidine groups is 1. The van der Waals surface area contributed by atoms with Gasteiger partial charge in [0, 0.05) is 29.9 Å². The Bertz CT molecular complexity index is 806. The molecule has 2 heterocycles. The minimum Gasteiger partial charge on any atom is -0.357 e. The topological polar surface area (TPSA) is 73.8 Å². The number of nitrogens with one attached hydrogen (secondary N) is 2. The Hall–Kier alpha value is -1.42. The quantitative estimate of drug-likeness (QED) is 0.183. The van der Waals surface area contributed by atoms with E-state index in [9.17, 15) is 9.59 Å². The fourth-order valence-electron chi connectivity index (χ4n) is 4.83. The summed E-state index contributed by atoms with van der Waals surface area (Å²) in [4.78, 5) is 33.1. The van der Waals surface area contributed by atoms with E-state index >= 15 is 0 Å². The molecule has 1 aromatic heterocycles. The van der Waals surface area contributed by atoms with Crippen LogP contribution in [0, 0.1) is 23.7 Å². The number of fused-ring (bicyclic) bond motifs is 5. The van der Waals surface area contributed by atoms with Gasteiger partial charge in [-0.2, -0.15) is 0 Å². The third-order valence-corrected chi connectivity index (χ3v) is 7.59. The van der Waals surface area contributed by atoms with E-state index < -0.39 is 0 Å². The van der Waals surface area contributed by atoms with E-state index in [0.29, 0.717) is 19.6 Å². The maximum atomic E-state index is 12.8. The fraction of sp³-hybridized carbons (Fsp3) is 0.591. The molecule has 4 rings (SSSR count). The Morgan fingerprint density at radius 2 is 1.87 bits per heavy atom. The average Bonchev–Trinajstić information content (AvgIpc) is 3.47. The van der Waals surface area contributed by atoms with Gasteiger partial charge in [0.15, 0.2) is 5.96 Å². The number of imide groups is 1. The number of hydrogen-bond donors (Lipinski definition) is 2. The lowest BCUT2D eigenvalue weighted by molar-refractivity contribution is -0.140. The van der Waals surface area contributed by atoms with Gasteiger partial charge in [0.05, 0.1) is 18.4 Å². The summed E-state index contributed by atoms with van der Waals surface area (Å²) in [6.45, 7) is 8.71. The molecule has 0 spiro atoms. The van der Waals surface area contributed by atoms with Crippen LogP contribution in [0.25, 0.3) is 0 Å². The van der Waals surface area contributed by atoms with Gasteiger partial charge in [0.25, 0.3) is 0 Å². The molecule has 6 nitrogen and oxygen atoms in total. The van der Waals surface area contributed by atoms with Crippen molar-refractivity contribution in [1.29, 1.82) is 0 Å². The molecular weight excluding hydrogens is 511 g/mol. The molecule has 1 aromatic rings. The summed E-state index contributed by atoms with van der Waals surface area (Å²) in [5.41, 5.74) is -0.0406. The molecule has 1 saturated heterocycles. The first-order valence-corrected chi connectivity index (χ1v) is 11.4. The Labute approximate surface area is 199 Å². The van der Waals surface area contributed by atoms with Gasteiger partial charge in [-0.3, -0.25) is 19.5 Å². The molecule has 8 heteroatoms. The van der Waals surface area contributed by atoms with Crippen LogP contribution < -0.4 is 10.6 Å². The second-order valence-electron chi connectivity index (χ2n) is 8.81. The average molecular weight is 542 g/mol. The fourth-order valence-corrected chi connectivity index (χ4v) is 5.68. The number of amides is 2. The van der Waals surface area contributed by atoms with Crippen molar-refractivity contribution in [1.82, 2.24) is 15.5 Å². The lowest BCUT2D eigenvalue weighted by Gasteiger charge is -2.22. The van der Waals surface area contributed by atoms with Gasteiger partial charge in [-0.15, -0.1) is 35.3 Å². The molecule has 2 aliphatic carbocycles. The normalized spacial score (nSPS) is 27.4. The summed E-state index contributed by atoms with van der Waals surface area (Å²) >= 11 is 1.75. The summed E-state index contributed by atoms with van der Waals surface area (Å²) in [7, 11) is 0. The number of rotatable bonds is 7. The maximum Gasteiger partial charge on any atom is 0.233 e. The number of carbonyl (C=O) groups is 2. The van der Waals surface area contributed by atoms with Crippen LogP contribution in [0.15, 0.2) is 34.7 Å². The summed E-state index contributed by atoms with van der Waals surface area (Å²) < 4.78 is 0. The molecule has 2 amide bonds. The molecule has 164 valence electrons. The lowest BCUT2D eigenvalue weighted by atomic mass is 9.85. The Morgan fingerprint density at radius 1 is 1.20 bits per heavy atom. The van der Waals surface area contributed by atoms with Crippen molar-refractivity contribution in [3.63, 3.8) is 0 Å². The number of aliphatic imine (C=N–C) groups is 1. The number of allylic oxidation sites excluding steroid dienone is 2. The smallest absolute Gasteiger partial charge is 0.233 e. The zero-order valence-corrected chi connectivity index (χ0v) is 20.9. The first-order chi connectivity index (χ1) is 13.9. The number of carbonyl (C=O) groups excluding carboxylic acids is 2. The number of nitrogens with zero attached hydrogens (tertiary/aromatic N) is 2. The second kappa shape index (κ2) is 9.38. The molecule has 1 aliphatic heterocycles.